The zero-order valence-corrected chi connectivity index (χ0v) is 22.9. The SMILES string of the molecule is CC[n+]1c(/C=C(\C=C2\Sc3ccc(Cl)cc3N2C)SCCCCS(=O)(=O)[O-])sc2ccccc21. The number of halogens is 1. The molecule has 0 unspecified atom stereocenters. The molecule has 0 amide bonds. The number of rotatable bonds is 9. The molecule has 1 aliphatic rings. The van der Waals surface area contributed by atoms with Crippen LogP contribution < -0.4 is 9.47 Å². The molecule has 0 radical (unpaired) electrons. The quantitative estimate of drug-likeness (QED) is 0.175. The first-order valence-electron chi connectivity index (χ1n) is 10.9. The Hall–Kier alpha value is -1.49. The molecule has 2 aromatic carbocycles. The van der Waals surface area contributed by atoms with Gasteiger partial charge in [0.25, 0.3) is 5.01 Å². The molecule has 34 heavy (non-hydrogen) atoms. The fraction of sp³-hybridized carbons (Fsp3) is 0.292. The zero-order chi connectivity index (χ0) is 24.3. The molecule has 0 saturated carbocycles. The van der Waals surface area contributed by atoms with Crippen LogP contribution >= 0.6 is 46.5 Å². The minimum atomic E-state index is -4.17. The van der Waals surface area contributed by atoms with E-state index in [4.69, 9.17) is 11.6 Å². The summed E-state index contributed by atoms with van der Waals surface area (Å²) in [6.45, 7) is 3.01. The van der Waals surface area contributed by atoms with E-state index in [0.29, 0.717) is 17.9 Å². The second-order valence-corrected chi connectivity index (χ2v) is 13.0. The normalized spacial score (nSPS) is 15.5. The number of para-hydroxylation sites is 1. The molecule has 0 spiro atoms. The van der Waals surface area contributed by atoms with Crippen LogP contribution in [-0.4, -0.2) is 31.5 Å². The number of hydrogen-bond acceptors (Lipinski definition) is 7. The number of benzene rings is 2. The Morgan fingerprint density at radius 2 is 2.03 bits per heavy atom. The summed E-state index contributed by atoms with van der Waals surface area (Å²) in [5.74, 6) is 0.420. The summed E-state index contributed by atoms with van der Waals surface area (Å²) in [7, 11) is -2.13. The van der Waals surface area contributed by atoms with Crippen molar-refractivity contribution in [3.8, 4) is 0 Å². The summed E-state index contributed by atoms with van der Waals surface area (Å²) in [6.07, 6.45) is 5.42. The van der Waals surface area contributed by atoms with E-state index in [1.165, 1.54) is 10.2 Å². The van der Waals surface area contributed by atoms with Crippen molar-refractivity contribution < 1.29 is 17.5 Å². The Bertz CT molecular complexity index is 1370. The smallest absolute Gasteiger partial charge is 0.263 e. The van der Waals surface area contributed by atoms with Gasteiger partial charge in [-0.05, 0) is 55.9 Å². The van der Waals surface area contributed by atoms with Gasteiger partial charge < -0.3 is 9.45 Å². The lowest BCUT2D eigenvalue weighted by Crippen LogP contribution is -2.33. The van der Waals surface area contributed by atoms with Gasteiger partial charge in [-0.25, -0.2) is 8.42 Å². The van der Waals surface area contributed by atoms with E-state index in [0.717, 1.165) is 37.8 Å². The summed E-state index contributed by atoms with van der Waals surface area (Å²) in [4.78, 5) is 4.39. The zero-order valence-electron chi connectivity index (χ0n) is 18.9. The highest BCUT2D eigenvalue weighted by atomic mass is 35.5. The Morgan fingerprint density at radius 1 is 1.24 bits per heavy atom. The highest BCUT2D eigenvalue weighted by molar-refractivity contribution is 8.04. The molecule has 0 saturated heterocycles. The number of fused-ring (bicyclic) bond motifs is 2. The first-order valence-corrected chi connectivity index (χ1v) is 15.4. The standard InChI is InChI=1S/C24H25ClN2O3S4/c1-3-27-19-8-4-5-9-21(19)33-24(27)16-18(31-12-6-7-13-34(28,29)30)15-23-26(2)20-14-17(25)10-11-22(20)32-23/h4-5,8-11,14-16H,3,6-7,12-13H2,1-2H3. The van der Waals surface area contributed by atoms with E-state index in [1.807, 2.05) is 25.2 Å². The highest BCUT2D eigenvalue weighted by Crippen LogP contribution is 2.47. The molecule has 0 N–H and O–H groups in total. The Labute approximate surface area is 218 Å². The molecular formula is C24H25ClN2O3S4. The van der Waals surface area contributed by atoms with Crippen LogP contribution in [0.2, 0.25) is 5.02 Å². The maximum atomic E-state index is 10.9. The lowest BCUT2D eigenvalue weighted by Gasteiger charge is -2.14. The highest BCUT2D eigenvalue weighted by Gasteiger charge is 2.23. The fourth-order valence-electron chi connectivity index (χ4n) is 3.69. The fourth-order valence-corrected chi connectivity index (χ4v) is 7.80. The molecule has 0 bridgehead atoms. The predicted molar refractivity (Wildman–Crippen MR) is 146 cm³/mol. The maximum Gasteiger partial charge on any atom is 0.263 e. The van der Waals surface area contributed by atoms with Crippen LogP contribution in [0.5, 0.6) is 0 Å². The number of thioether (sulfide) groups is 2. The summed E-state index contributed by atoms with van der Waals surface area (Å²) < 4.78 is 36.3. The van der Waals surface area contributed by atoms with Crippen molar-refractivity contribution in [2.45, 2.75) is 31.2 Å². The second kappa shape index (κ2) is 11.1. The average Bonchev–Trinajstić information content (AvgIpc) is 3.29. The molecule has 4 rings (SSSR count). The summed E-state index contributed by atoms with van der Waals surface area (Å²) >= 11 is 11.4. The van der Waals surface area contributed by atoms with Crippen molar-refractivity contribution in [3.05, 3.63) is 68.5 Å². The van der Waals surface area contributed by atoms with Crippen LogP contribution in [-0.2, 0) is 16.7 Å². The largest absolute Gasteiger partial charge is 0.748 e. The third kappa shape index (κ3) is 6.19. The van der Waals surface area contributed by atoms with Crippen molar-refractivity contribution >= 4 is 78.6 Å². The van der Waals surface area contributed by atoms with E-state index >= 15 is 0 Å². The van der Waals surface area contributed by atoms with Gasteiger partial charge in [0.1, 0.15) is 11.2 Å². The van der Waals surface area contributed by atoms with Gasteiger partial charge in [0.05, 0.1) is 20.8 Å². The molecule has 180 valence electrons. The number of thiazole rings is 1. The van der Waals surface area contributed by atoms with Crippen LogP contribution in [0, 0.1) is 0 Å². The Balaban J connectivity index is 1.63. The van der Waals surface area contributed by atoms with Crippen molar-refractivity contribution in [3.63, 3.8) is 0 Å². The van der Waals surface area contributed by atoms with Gasteiger partial charge in [-0.15, -0.1) is 11.8 Å². The van der Waals surface area contributed by atoms with Crippen molar-refractivity contribution in [2.75, 3.05) is 23.5 Å². The molecule has 1 aliphatic heterocycles. The molecule has 5 nitrogen and oxygen atoms in total. The van der Waals surface area contributed by atoms with E-state index in [2.05, 4.69) is 52.8 Å². The van der Waals surface area contributed by atoms with Gasteiger partial charge in [-0.3, -0.25) is 0 Å². The van der Waals surface area contributed by atoms with E-state index in [1.54, 1.807) is 34.9 Å². The van der Waals surface area contributed by atoms with Crippen molar-refractivity contribution in [1.29, 1.82) is 0 Å². The minimum absolute atomic E-state index is 0.311. The summed E-state index contributed by atoms with van der Waals surface area (Å²) in [6, 6.07) is 14.3. The Kier molecular flexibility index (Phi) is 8.32. The average molecular weight is 553 g/mol. The van der Waals surface area contributed by atoms with E-state index in [9.17, 15) is 13.0 Å². The molecule has 0 fully saturated rings. The number of aromatic nitrogens is 1. The lowest BCUT2D eigenvalue weighted by atomic mass is 10.3. The number of unbranched alkanes of at least 4 members (excludes halogenated alkanes) is 1. The molecule has 0 aliphatic carbocycles. The van der Waals surface area contributed by atoms with Crippen LogP contribution in [0.4, 0.5) is 5.69 Å². The predicted octanol–water partition coefficient (Wildman–Crippen LogP) is 6.35. The van der Waals surface area contributed by atoms with Gasteiger partial charge in [-0.1, -0.05) is 46.8 Å². The third-order valence-electron chi connectivity index (χ3n) is 5.37. The molecule has 0 atom stereocenters. The summed E-state index contributed by atoms with van der Waals surface area (Å²) in [5.41, 5.74) is 2.30. The first kappa shape index (κ1) is 25.6. The molecule has 1 aromatic heterocycles. The first-order chi connectivity index (χ1) is 16.2. The topological polar surface area (TPSA) is 64.3 Å². The monoisotopic (exact) mass is 552 g/mol. The van der Waals surface area contributed by atoms with Gasteiger partial charge in [0, 0.05) is 39.8 Å². The van der Waals surface area contributed by atoms with Crippen LogP contribution in [0.15, 0.2) is 63.4 Å². The number of anilines is 1. The van der Waals surface area contributed by atoms with Crippen molar-refractivity contribution in [1.82, 2.24) is 0 Å². The Morgan fingerprint density at radius 3 is 2.79 bits per heavy atom. The third-order valence-corrected chi connectivity index (χ3v) is 9.73. The minimum Gasteiger partial charge on any atom is -0.748 e. The van der Waals surface area contributed by atoms with Crippen LogP contribution in [0.1, 0.15) is 24.8 Å². The van der Waals surface area contributed by atoms with Gasteiger partial charge in [-0.2, -0.15) is 4.57 Å². The maximum absolute atomic E-state index is 10.9. The van der Waals surface area contributed by atoms with E-state index < -0.39 is 10.1 Å². The van der Waals surface area contributed by atoms with E-state index in [-0.39, 0.29) is 5.75 Å². The van der Waals surface area contributed by atoms with Gasteiger partial charge >= 0.3 is 0 Å². The number of aryl methyl sites for hydroxylation is 1. The number of allylic oxidation sites excluding steroid dienone is 1. The van der Waals surface area contributed by atoms with Gasteiger partial charge in [0.2, 0.25) is 5.52 Å². The number of nitrogens with zero attached hydrogens (tertiary/aromatic N) is 2. The molecular weight excluding hydrogens is 528 g/mol. The van der Waals surface area contributed by atoms with Gasteiger partial charge in [0.15, 0.2) is 0 Å². The lowest BCUT2D eigenvalue weighted by molar-refractivity contribution is -0.665. The number of hydrogen-bond donors (Lipinski definition) is 0. The van der Waals surface area contributed by atoms with Crippen LogP contribution in [0.3, 0.4) is 0 Å². The molecule has 2 heterocycles. The van der Waals surface area contributed by atoms with Crippen LogP contribution in [0.25, 0.3) is 16.3 Å². The van der Waals surface area contributed by atoms with Crippen molar-refractivity contribution in [2.24, 2.45) is 0 Å². The molecule has 3 aromatic rings. The second-order valence-electron chi connectivity index (χ2n) is 7.77. The summed E-state index contributed by atoms with van der Waals surface area (Å²) in [5, 5.41) is 2.97. The molecule has 10 heteroatoms.